The average molecular weight is 395 g/mol. The molecule has 0 unspecified atom stereocenters. The monoisotopic (exact) mass is 393 g/mol. The van der Waals surface area contributed by atoms with Gasteiger partial charge in [-0.25, -0.2) is 14.0 Å². The molecule has 0 atom stereocenters. The zero-order chi connectivity index (χ0) is 16.3. The number of rotatable bonds is 2. The van der Waals surface area contributed by atoms with Crippen LogP contribution in [0.15, 0.2) is 16.6 Å². The van der Waals surface area contributed by atoms with Gasteiger partial charge in [-0.3, -0.25) is 0 Å². The lowest BCUT2D eigenvalue weighted by atomic mass is 10.1. The van der Waals surface area contributed by atoms with Crippen LogP contribution in [0.5, 0.6) is 0 Å². The number of likely N-dealkylation sites (tertiary alicyclic amines) is 1. The van der Waals surface area contributed by atoms with Gasteiger partial charge in [-0.05, 0) is 40.9 Å². The van der Waals surface area contributed by atoms with E-state index in [1.807, 2.05) is 0 Å². The van der Waals surface area contributed by atoms with Crippen molar-refractivity contribution >= 4 is 45.3 Å². The molecule has 0 spiro atoms. The van der Waals surface area contributed by atoms with Crippen LogP contribution in [0.25, 0.3) is 0 Å². The molecule has 120 valence electrons. The molecule has 22 heavy (non-hydrogen) atoms. The quantitative estimate of drug-likeness (QED) is 0.718. The molecule has 0 aromatic heterocycles. The average Bonchev–Trinajstić information content (AvgIpc) is 2.43. The Morgan fingerprint density at radius 3 is 2.55 bits per heavy atom. The van der Waals surface area contributed by atoms with E-state index in [0.29, 0.717) is 30.4 Å². The largest absolute Gasteiger partial charge is 0.465 e. The van der Waals surface area contributed by atoms with Crippen LogP contribution in [-0.4, -0.2) is 41.3 Å². The fourth-order valence-electron chi connectivity index (χ4n) is 2.21. The number of halogens is 3. The standard InChI is InChI=1S/C13H14BrClFN3O3/c14-9-5-7(15)6-10(16)11(9)18-12(20)17-8-1-3-19(4-2-8)13(21)22/h5-6,8H,1-4H2,(H,21,22)(H2,17,18,20). The Balaban J connectivity index is 1.90. The van der Waals surface area contributed by atoms with Crippen LogP contribution < -0.4 is 10.6 Å². The van der Waals surface area contributed by atoms with Gasteiger partial charge in [0.2, 0.25) is 0 Å². The molecule has 9 heteroatoms. The number of anilines is 1. The van der Waals surface area contributed by atoms with Gasteiger partial charge in [0.05, 0.1) is 5.69 Å². The van der Waals surface area contributed by atoms with Gasteiger partial charge in [0, 0.05) is 28.6 Å². The summed E-state index contributed by atoms with van der Waals surface area (Å²) in [6.45, 7) is 0.721. The van der Waals surface area contributed by atoms with Gasteiger partial charge in [0.15, 0.2) is 0 Å². The molecule has 6 nitrogen and oxygen atoms in total. The second-order valence-corrected chi connectivity index (χ2v) is 6.18. The summed E-state index contributed by atoms with van der Waals surface area (Å²) in [4.78, 5) is 24.0. The molecule has 0 bridgehead atoms. The molecule has 0 aliphatic carbocycles. The molecular formula is C13H14BrClFN3O3. The Bertz CT molecular complexity index is 571. The number of carbonyl (C=O) groups excluding carboxylic acids is 1. The number of piperidine rings is 1. The minimum Gasteiger partial charge on any atom is -0.465 e. The van der Waals surface area contributed by atoms with Crippen LogP contribution in [0.3, 0.4) is 0 Å². The summed E-state index contributed by atoms with van der Waals surface area (Å²) in [5, 5.41) is 14.2. The molecule has 1 aliphatic heterocycles. The maximum absolute atomic E-state index is 13.8. The summed E-state index contributed by atoms with van der Waals surface area (Å²) in [5.74, 6) is -0.643. The third-order valence-electron chi connectivity index (χ3n) is 3.35. The van der Waals surface area contributed by atoms with Crippen LogP contribution in [0, 0.1) is 5.82 Å². The smallest absolute Gasteiger partial charge is 0.407 e. The molecule has 1 saturated heterocycles. The summed E-state index contributed by atoms with van der Waals surface area (Å²) in [6, 6.07) is 1.89. The topological polar surface area (TPSA) is 81.7 Å². The second kappa shape index (κ2) is 7.15. The molecule has 1 fully saturated rings. The van der Waals surface area contributed by atoms with E-state index < -0.39 is 17.9 Å². The van der Waals surface area contributed by atoms with Crippen LogP contribution >= 0.6 is 27.5 Å². The highest BCUT2D eigenvalue weighted by Crippen LogP contribution is 2.29. The maximum Gasteiger partial charge on any atom is 0.407 e. The Morgan fingerprint density at radius 2 is 2.00 bits per heavy atom. The predicted molar refractivity (Wildman–Crippen MR) is 83.9 cm³/mol. The first kappa shape index (κ1) is 16.8. The van der Waals surface area contributed by atoms with Gasteiger partial charge < -0.3 is 20.6 Å². The van der Waals surface area contributed by atoms with Crippen molar-refractivity contribution in [1.29, 1.82) is 0 Å². The van der Waals surface area contributed by atoms with Gasteiger partial charge in [-0.1, -0.05) is 11.6 Å². The van der Waals surface area contributed by atoms with Crippen molar-refractivity contribution in [3.05, 3.63) is 27.4 Å². The number of amides is 3. The molecule has 3 N–H and O–H groups in total. The second-order valence-electron chi connectivity index (χ2n) is 4.89. The molecule has 3 amide bonds. The Hall–Kier alpha value is -1.54. The van der Waals surface area contributed by atoms with E-state index in [4.69, 9.17) is 16.7 Å². The molecule has 1 aromatic rings. The van der Waals surface area contributed by atoms with E-state index in [0.717, 1.165) is 6.07 Å². The molecule has 0 radical (unpaired) electrons. The minimum absolute atomic E-state index is 0.00451. The zero-order valence-corrected chi connectivity index (χ0v) is 13.7. The van der Waals surface area contributed by atoms with E-state index in [1.165, 1.54) is 11.0 Å². The number of hydrogen-bond donors (Lipinski definition) is 3. The lowest BCUT2D eigenvalue weighted by molar-refractivity contribution is 0.130. The van der Waals surface area contributed by atoms with E-state index in [-0.39, 0.29) is 16.8 Å². The first-order chi connectivity index (χ1) is 10.4. The molecule has 1 aliphatic rings. The van der Waals surface area contributed by atoms with Crippen molar-refractivity contribution in [2.24, 2.45) is 0 Å². The summed E-state index contributed by atoms with van der Waals surface area (Å²) < 4.78 is 14.1. The zero-order valence-electron chi connectivity index (χ0n) is 11.4. The number of nitrogens with zero attached hydrogens (tertiary/aromatic N) is 1. The summed E-state index contributed by atoms with van der Waals surface area (Å²) in [7, 11) is 0. The number of nitrogens with one attached hydrogen (secondary N) is 2. The SMILES string of the molecule is O=C(Nc1c(F)cc(Cl)cc1Br)NC1CCN(C(=O)O)CC1. The first-order valence-electron chi connectivity index (χ1n) is 6.56. The Morgan fingerprint density at radius 1 is 1.36 bits per heavy atom. The lowest BCUT2D eigenvalue weighted by Gasteiger charge is -2.30. The summed E-state index contributed by atoms with van der Waals surface area (Å²) in [6.07, 6.45) is 0.0728. The summed E-state index contributed by atoms with van der Waals surface area (Å²) >= 11 is 8.84. The molecule has 2 rings (SSSR count). The van der Waals surface area contributed by atoms with Crippen molar-refractivity contribution in [2.75, 3.05) is 18.4 Å². The number of benzene rings is 1. The van der Waals surface area contributed by atoms with Crippen molar-refractivity contribution in [3.8, 4) is 0 Å². The van der Waals surface area contributed by atoms with Crippen molar-refractivity contribution in [2.45, 2.75) is 18.9 Å². The normalized spacial score (nSPS) is 15.5. The van der Waals surface area contributed by atoms with E-state index in [1.54, 1.807) is 0 Å². The highest BCUT2D eigenvalue weighted by atomic mass is 79.9. The highest BCUT2D eigenvalue weighted by Gasteiger charge is 2.23. The first-order valence-corrected chi connectivity index (χ1v) is 7.74. The van der Waals surface area contributed by atoms with Crippen molar-refractivity contribution in [1.82, 2.24) is 10.2 Å². The third kappa shape index (κ3) is 4.23. The van der Waals surface area contributed by atoms with Crippen LogP contribution in [0.1, 0.15) is 12.8 Å². The van der Waals surface area contributed by atoms with Gasteiger partial charge in [0.1, 0.15) is 5.82 Å². The number of urea groups is 1. The molecular weight excluding hydrogens is 381 g/mol. The van der Waals surface area contributed by atoms with E-state index in [9.17, 15) is 14.0 Å². The predicted octanol–water partition coefficient (Wildman–Crippen LogP) is 3.51. The minimum atomic E-state index is -0.963. The number of hydrogen-bond acceptors (Lipinski definition) is 2. The lowest BCUT2D eigenvalue weighted by Crippen LogP contribution is -2.47. The Kier molecular flexibility index (Phi) is 5.47. The van der Waals surface area contributed by atoms with Crippen molar-refractivity contribution in [3.63, 3.8) is 0 Å². The molecule has 1 heterocycles. The van der Waals surface area contributed by atoms with Crippen molar-refractivity contribution < 1.29 is 19.1 Å². The van der Waals surface area contributed by atoms with Crippen LogP contribution in [0.4, 0.5) is 19.7 Å². The van der Waals surface area contributed by atoms with E-state index >= 15 is 0 Å². The third-order valence-corrected chi connectivity index (χ3v) is 4.19. The van der Waals surface area contributed by atoms with Crippen LogP contribution in [-0.2, 0) is 0 Å². The van der Waals surface area contributed by atoms with Gasteiger partial charge in [-0.15, -0.1) is 0 Å². The van der Waals surface area contributed by atoms with Gasteiger partial charge >= 0.3 is 12.1 Å². The molecule has 1 aromatic carbocycles. The summed E-state index contributed by atoms with van der Waals surface area (Å²) in [5.41, 5.74) is 0.00451. The van der Waals surface area contributed by atoms with Crippen LogP contribution in [0.2, 0.25) is 5.02 Å². The number of carbonyl (C=O) groups is 2. The Labute approximate surface area is 139 Å². The number of carboxylic acid groups (broad SMARTS) is 1. The molecule has 0 saturated carbocycles. The fourth-order valence-corrected chi connectivity index (χ4v) is 3.08. The van der Waals surface area contributed by atoms with Gasteiger partial charge in [-0.2, -0.15) is 0 Å². The highest BCUT2D eigenvalue weighted by molar-refractivity contribution is 9.10. The van der Waals surface area contributed by atoms with Gasteiger partial charge in [0.25, 0.3) is 0 Å². The van der Waals surface area contributed by atoms with E-state index in [2.05, 4.69) is 26.6 Å². The maximum atomic E-state index is 13.8. The fraction of sp³-hybridized carbons (Fsp3) is 0.385.